The number of benzene rings is 1. The van der Waals surface area contributed by atoms with Crippen LogP contribution in [-0.4, -0.2) is 10.1 Å². The normalized spacial score (nSPS) is 14.6. The molecule has 0 amide bonds. The molecule has 0 radical (unpaired) electrons. The SMILES string of the molecule is Cc1ccc(O)c(C(C)C(C)C(N)=S)c1. The summed E-state index contributed by atoms with van der Waals surface area (Å²) in [5, 5.41) is 9.75. The number of hydrogen-bond acceptors (Lipinski definition) is 2. The van der Waals surface area contributed by atoms with E-state index in [9.17, 15) is 5.11 Å². The number of phenols is 1. The average molecular weight is 223 g/mol. The van der Waals surface area contributed by atoms with Crippen LogP contribution in [0, 0.1) is 12.8 Å². The Morgan fingerprint density at radius 1 is 1.40 bits per heavy atom. The highest BCUT2D eigenvalue weighted by Gasteiger charge is 2.19. The first-order valence-corrected chi connectivity index (χ1v) is 5.43. The Morgan fingerprint density at radius 2 is 2.00 bits per heavy atom. The molecule has 2 unspecified atom stereocenters. The summed E-state index contributed by atoms with van der Waals surface area (Å²) >= 11 is 4.97. The molecule has 0 saturated carbocycles. The molecule has 3 heteroatoms. The number of nitrogens with two attached hydrogens (primary N) is 1. The van der Waals surface area contributed by atoms with Crippen molar-refractivity contribution in [2.75, 3.05) is 0 Å². The molecule has 1 rings (SSSR count). The van der Waals surface area contributed by atoms with E-state index in [1.165, 1.54) is 0 Å². The third-order valence-electron chi connectivity index (χ3n) is 2.87. The summed E-state index contributed by atoms with van der Waals surface area (Å²) in [6.07, 6.45) is 0. The van der Waals surface area contributed by atoms with Crippen LogP contribution in [0.5, 0.6) is 5.75 Å². The minimum atomic E-state index is 0.0905. The molecule has 3 N–H and O–H groups in total. The molecule has 82 valence electrons. The van der Waals surface area contributed by atoms with E-state index >= 15 is 0 Å². The summed E-state index contributed by atoms with van der Waals surface area (Å²) in [7, 11) is 0. The highest BCUT2D eigenvalue weighted by molar-refractivity contribution is 7.80. The monoisotopic (exact) mass is 223 g/mol. The second-order valence-corrected chi connectivity index (χ2v) is 4.51. The zero-order chi connectivity index (χ0) is 11.6. The van der Waals surface area contributed by atoms with E-state index in [4.69, 9.17) is 18.0 Å². The minimum absolute atomic E-state index is 0.0905. The van der Waals surface area contributed by atoms with Gasteiger partial charge in [0.05, 0.1) is 4.99 Å². The van der Waals surface area contributed by atoms with Gasteiger partial charge in [0.1, 0.15) is 5.75 Å². The van der Waals surface area contributed by atoms with Crippen LogP contribution < -0.4 is 5.73 Å². The number of rotatable bonds is 3. The highest BCUT2D eigenvalue weighted by Crippen LogP contribution is 2.31. The van der Waals surface area contributed by atoms with Gasteiger partial charge in [0.25, 0.3) is 0 Å². The third-order valence-corrected chi connectivity index (χ3v) is 3.24. The zero-order valence-electron chi connectivity index (χ0n) is 9.32. The van der Waals surface area contributed by atoms with Gasteiger partial charge in [0.2, 0.25) is 0 Å². The Kier molecular flexibility index (Phi) is 3.69. The van der Waals surface area contributed by atoms with Crippen LogP contribution in [0.2, 0.25) is 0 Å². The molecule has 1 aromatic rings. The molecule has 0 fully saturated rings. The van der Waals surface area contributed by atoms with E-state index in [0.717, 1.165) is 11.1 Å². The van der Waals surface area contributed by atoms with Crippen LogP contribution in [0.15, 0.2) is 18.2 Å². The van der Waals surface area contributed by atoms with Crippen molar-refractivity contribution in [2.24, 2.45) is 11.7 Å². The largest absolute Gasteiger partial charge is 0.508 e. The van der Waals surface area contributed by atoms with Crippen molar-refractivity contribution < 1.29 is 5.11 Å². The molecule has 1 aromatic carbocycles. The first-order valence-electron chi connectivity index (χ1n) is 5.02. The number of hydrogen-bond donors (Lipinski definition) is 2. The average Bonchev–Trinajstić information content (AvgIpc) is 2.19. The Labute approximate surface area is 96.1 Å². The summed E-state index contributed by atoms with van der Waals surface area (Å²) in [5.74, 6) is 0.547. The maximum absolute atomic E-state index is 9.75. The van der Waals surface area contributed by atoms with Crippen molar-refractivity contribution in [2.45, 2.75) is 26.7 Å². The van der Waals surface area contributed by atoms with Gasteiger partial charge in [-0.25, -0.2) is 0 Å². The molecule has 0 bridgehead atoms. The molecule has 0 saturated heterocycles. The lowest BCUT2D eigenvalue weighted by Crippen LogP contribution is -2.23. The van der Waals surface area contributed by atoms with Gasteiger partial charge in [-0.2, -0.15) is 0 Å². The molecule has 15 heavy (non-hydrogen) atoms. The quantitative estimate of drug-likeness (QED) is 0.774. The molecule has 2 atom stereocenters. The summed E-state index contributed by atoms with van der Waals surface area (Å²) in [6.45, 7) is 6.01. The second-order valence-electron chi connectivity index (χ2n) is 4.04. The van der Waals surface area contributed by atoms with Crippen molar-refractivity contribution in [3.63, 3.8) is 0 Å². The molecule has 2 nitrogen and oxygen atoms in total. The Morgan fingerprint density at radius 3 is 2.53 bits per heavy atom. The van der Waals surface area contributed by atoms with E-state index in [1.807, 2.05) is 32.9 Å². The van der Waals surface area contributed by atoms with Crippen molar-refractivity contribution in [1.29, 1.82) is 0 Å². The molecule has 0 aromatic heterocycles. The smallest absolute Gasteiger partial charge is 0.119 e. The van der Waals surface area contributed by atoms with Crippen molar-refractivity contribution in [3.05, 3.63) is 29.3 Å². The molecule has 0 aliphatic rings. The predicted octanol–water partition coefficient (Wildman–Crippen LogP) is 2.73. The number of aromatic hydroxyl groups is 1. The predicted molar refractivity (Wildman–Crippen MR) is 67.2 cm³/mol. The number of aryl methyl sites for hydroxylation is 1. The van der Waals surface area contributed by atoms with E-state index in [1.54, 1.807) is 6.07 Å². The summed E-state index contributed by atoms with van der Waals surface area (Å²) in [6, 6.07) is 5.58. The van der Waals surface area contributed by atoms with Crippen molar-refractivity contribution >= 4 is 17.2 Å². The van der Waals surface area contributed by atoms with Gasteiger partial charge in [-0.05, 0) is 24.5 Å². The van der Waals surface area contributed by atoms with Gasteiger partial charge in [0.15, 0.2) is 0 Å². The van der Waals surface area contributed by atoms with Crippen molar-refractivity contribution in [3.8, 4) is 5.75 Å². The maximum atomic E-state index is 9.75. The van der Waals surface area contributed by atoms with Gasteiger partial charge in [-0.3, -0.25) is 0 Å². The lowest BCUT2D eigenvalue weighted by Gasteiger charge is -2.20. The van der Waals surface area contributed by atoms with E-state index in [0.29, 0.717) is 10.7 Å². The van der Waals surface area contributed by atoms with Crippen LogP contribution >= 0.6 is 12.2 Å². The lowest BCUT2D eigenvalue weighted by molar-refractivity contribution is 0.456. The Bertz CT molecular complexity index is 376. The standard InChI is InChI=1S/C12H17NOS/c1-7-4-5-11(14)10(6-7)8(2)9(3)12(13)15/h4-6,8-9,14H,1-3H3,(H2,13,15). The zero-order valence-corrected chi connectivity index (χ0v) is 10.1. The maximum Gasteiger partial charge on any atom is 0.119 e. The molecule has 0 aliphatic heterocycles. The van der Waals surface area contributed by atoms with E-state index in [2.05, 4.69) is 0 Å². The second kappa shape index (κ2) is 4.62. The van der Waals surface area contributed by atoms with Gasteiger partial charge >= 0.3 is 0 Å². The summed E-state index contributed by atoms with van der Waals surface area (Å²) in [5.41, 5.74) is 7.65. The summed E-state index contributed by atoms with van der Waals surface area (Å²) in [4.78, 5) is 0.489. The first-order chi connectivity index (χ1) is 6.93. The molecule has 0 heterocycles. The Hall–Kier alpha value is -1.09. The van der Waals surface area contributed by atoms with Crippen LogP contribution in [-0.2, 0) is 0 Å². The molecule has 0 spiro atoms. The van der Waals surface area contributed by atoms with Crippen LogP contribution in [0.1, 0.15) is 30.9 Å². The van der Waals surface area contributed by atoms with Gasteiger partial charge in [-0.15, -0.1) is 0 Å². The van der Waals surface area contributed by atoms with Gasteiger partial charge in [-0.1, -0.05) is 43.8 Å². The number of thiocarbonyl (C=S) groups is 1. The molecular weight excluding hydrogens is 206 g/mol. The van der Waals surface area contributed by atoms with Crippen molar-refractivity contribution in [1.82, 2.24) is 0 Å². The molecule has 0 aliphatic carbocycles. The Balaban J connectivity index is 3.04. The van der Waals surface area contributed by atoms with Crippen LogP contribution in [0.25, 0.3) is 0 Å². The first kappa shape index (κ1) is 12.0. The fourth-order valence-electron chi connectivity index (χ4n) is 1.55. The fourth-order valence-corrected chi connectivity index (χ4v) is 1.76. The number of phenolic OH excluding ortho intramolecular Hbond substituents is 1. The topological polar surface area (TPSA) is 46.2 Å². The van der Waals surface area contributed by atoms with Gasteiger partial charge in [0, 0.05) is 5.92 Å². The third kappa shape index (κ3) is 2.69. The van der Waals surface area contributed by atoms with Gasteiger partial charge < -0.3 is 10.8 Å². The summed E-state index contributed by atoms with van der Waals surface area (Å²) < 4.78 is 0. The van der Waals surface area contributed by atoms with E-state index in [-0.39, 0.29) is 11.8 Å². The lowest BCUT2D eigenvalue weighted by atomic mass is 9.87. The molecular formula is C12H17NOS. The van der Waals surface area contributed by atoms with Crippen LogP contribution in [0.4, 0.5) is 0 Å². The fraction of sp³-hybridized carbons (Fsp3) is 0.417. The van der Waals surface area contributed by atoms with E-state index < -0.39 is 0 Å². The highest BCUT2D eigenvalue weighted by atomic mass is 32.1. The minimum Gasteiger partial charge on any atom is -0.508 e. The van der Waals surface area contributed by atoms with Crippen LogP contribution in [0.3, 0.4) is 0 Å².